The van der Waals surface area contributed by atoms with Crippen molar-refractivity contribution >= 4 is 5.91 Å². The zero-order valence-electron chi connectivity index (χ0n) is 10.7. The molecule has 0 heterocycles. The largest absolute Gasteiger partial charge is 0.359 e. The van der Waals surface area contributed by atoms with Crippen LogP contribution in [0.2, 0.25) is 0 Å². The van der Waals surface area contributed by atoms with Crippen LogP contribution < -0.4 is 10.6 Å². The molecular weight excluding hydrogens is 188 g/mol. The second kappa shape index (κ2) is 7.69. The van der Waals surface area contributed by atoms with E-state index in [9.17, 15) is 4.79 Å². The Morgan fingerprint density at radius 3 is 2.07 bits per heavy atom. The fraction of sp³-hybridized carbons (Fsp3) is 0.917. The van der Waals surface area contributed by atoms with Gasteiger partial charge in [0.05, 0.1) is 0 Å². The number of carbonyl (C=O) groups excluding carboxylic acids is 1. The molecule has 0 aliphatic rings. The normalized spacial score (nSPS) is 11.5. The highest BCUT2D eigenvalue weighted by Crippen LogP contribution is 2.18. The van der Waals surface area contributed by atoms with Gasteiger partial charge in [0.25, 0.3) is 0 Å². The van der Waals surface area contributed by atoms with E-state index < -0.39 is 0 Å². The van der Waals surface area contributed by atoms with Gasteiger partial charge in [-0.3, -0.25) is 4.79 Å². The molecule has 0 radical (unpaired) electrons. The third kappa shape index (κ3) is 5.17. The van der Waals surface area contributed by atoms with Crippen molar-refractivity contribution in [1.82, 2.24) is 10.6 Å². The maximum atomic E-state index is 11.0. The Kier molecular flexibility index (Phi) is 7.39. The highest BCUT2D eigenvalue weighted by atomic mass is 16.1. The summed E-state index contributed by atoms with van der Waals surface area (Å²) in [5.41, 5.74) is 0.280. The number of hydrogen-bond donors (Lipinski definition) is 2. The summed E-state index contributed by atoms with van der Waals surface area (Å²) in [4.78, 5) is 11.0. The number of carbonyl (C=O) groups is 1. The number of nitrogens with one attached hydrogen (secondary N) is 2. The standard InChI is InChI=1S/C12H26N2O/c1-5-12(6-2,7-3)14-10-8-9-11(15)13-4/h14H,5-10H2,1-4H3,(H,13,15). The van der Waals surface area contributed by atoms with Gasteiger partial charge < -0.3 is 10.6 Å². The molecule has 0 aromatic heterocycles. The molecule has 0 rings (SSSR count). The second-order valence-electron chi connectivity index (χ2n) is 4.04. The lowest BCUT2D eigenvalue weighted by Crippen LogP contribution is -2.44. The quantitative estimate of drug-likeness (QED) is 0.607. The van der Waals surface area contributed by atoms with Crippen molar-refractivity contribution in [2.75, 3.05) is 13.6 Å². The van der Waals surface area contributed by atoms with Gasteiger partial charge in [0.2, 0.25) is 5.91 Å². The van der Waals surface area contributed by atoms with Crippen molar-refractivity contribution in [1.29, 1.82) is 0 Å². The maximum Gasteiger partial charge on any atom is 0.219 e. The summed E-state index contributed by atoms with van der Waals surface area (Å²) in [5, 5.41) is 6.22. The topological polar surface area (TPSA) is 41.1 Å². The van der Waals surface area contributed by atoms with Crippen LogP contribution in [0.4, 0.5) is 0 Å². The fourth-order valence-corrected chi connectivity index (χ4v) is 1.85. The first kappa shape index (κ1) is 14.4. The molecule has 0 aliphatic heterocycles. The smallest absolute Gasteiger partial charge is 0.219 e. The molecule has 3 nitrogen and oxygen atoms in total. The van der Waals surface area contributed by atoms with E-state index >= 15 is 0 Å². The predicted octanol–water partition coefficient (Wildman–Crippen LogP) is 2.07. The molecule has 0 aromatic carbocycles. The first-order valence-electron chi connectivity index (χ1n) is 6.09. The van der Waals surface area contributed by atoms with Gasteiger partial charge in [-0.25, -0.2) is 0 Å². The van der Waals surface area contributed by atoms with Crippen LogP contribution in [0, 0.1) is 0 Å². The minimum Gasteiger partial charge on any atom is -0.359 e. The summed E-state index contributed by atoms with van der Waals surface area (Å²) in [6.45, 7) is 7.60. The van der Waals surface area contributed by atoms with Gasteiger partial charge in [0.15, 0.2) is 0 Å². The lowest BCUT2D eigenvalue weighted by atomic mass is 9.90. The Hall–Kier alpha value is -0.570. The van der Waals surface area contributed by atoms with Crippen LogP contribution in [-0.2, 0) is 4.79 Å². The van der Waals surface area contributed by atoms with Gasteiger partial charge in [-0.2, -0.15) is 0 Å². The molecule has 0 spiro atoms. The summed E-state index contributed by atoms with van der Waals surface area (Å²) < 4.78 is 0. The minimum atomic E-state index is 0.131. The molecule has 0 saturated heterocycles. The van der Waals surface area contributed by atoms with Crippen molar-refractivity contribution < 1.29 is 4.79 Å². The molecule has 15 heavy (non-hydrogen) atoms. The second-order valence-corrected chi connectivity index (χ2v) is 4.04. The van der Waals surface area contributed by atoms with E-state index in [0.29, 0.717) is 6.42 Å². The van der Waals surface area contributed by atoms with Crippen molar-refractivity contribution in [3.05, 3.63) is 0 Å². The predicted molar refractivity (Wildman–Crippen MR) is 64.9 cm³/mol. The number of rotatable bonds is 8. The molecular formula is C12H26N2O. The summed E-state index contributed by atoms with van der Waals surface area (Å²) >= 11 is 0. The molecule has 1 amide bonds. The Morgan fingerprint density at radius 2 is 1.67 bits per heavy atom. The van der Waals surface area contributed by atoms with Crippen molar-refractivity contribution in [3.63, 3.8) is 0 Å². The molecule has 0 atom stereocenters. The molecule has 0 saturated carbocycles. The van der Waals surface area contributed by atoms with E-state index in [2.05, 4.69) is 31.4 Å². The highest BCUT2D eigenvalue weighted by molar-refractivity contribution is 5.75. The van der Waals surface area contributed by atoms with E-state index in [1.165, 1.54) is 0 Å². The fourth-order valence-electron chi connectivity index (χ4n) is 1.85. The molecule has 0 fully saturated rings. The van der Waals surface area contributed by atoms with Crippen LogP contribution >= 0.6 is 0 Å². The van der Waals surface area contributed by atoms with Crippen LogP contribution in [0.1, 0.15) is 52.9 Å². The van der Waals surface area contributed by atoms with Gasteiger partial charge in [0, 0.05) is 19.0 Å². The Morgan fingerprint density at radius 1 is 1.13 bits per heavy atom. The third-order valence-electron chi connectivity index (χ3n) is 3.39. The molecule has 0 aromatic rings. The van der Waals surface area contributed by atoms with Crippen molar-refractivity contribution in [3.8, 4) is 0 Å². The van der Waals surface area contributed by atoms with Crippen LogP contribution in [-0.4, -0.2) is 25.0 Å². The molecule has 2 N–H and O–H groups in total. The van der Waals surface area contributed by atoms with E-state index in [1.807, 2.05) is 0 Å². The third-order valence-corrected chi connectivity index (χ3v) is 3.39. The number of hydrogen-bond acceptors (Lipinski definition) is 2. The monoisotopic (exact) mass is 214 g/mol. The lowest BCUT2D eigenvalue weighted by Gasteiger charge is -2.32. The first-order valence-corrected chi connectivity index (χ1v) is 6.09. The summed E-state index contributed by atoms with van der Waals surface area (Å²) in [6.07, 6.45) is 5.00. The van der Waals surface area contributed by atoms with E-state index in [1.54, 1.807) is 7.05 Å². The Bertz CT molecular complexity index is 168. The SMILES string of the molecule is CCC(CC)(CC)NCCCC(=O)NC. The van der Waals surface area contributed by atoms with Gasteiger partial charge >= 0.3 is 0 Å². The lowest BCUT2D eigenvalue weighted by molar-refractivity contribution is -0.120. The Balaban J connectivity index is 3.76. The molecule has 0 bridgehead atoms. The minimum absolute atomic E-state index is 0.131. The maximum absolute atomic E-state index is 11.0. The van der Waals surface area contributed by atoms with Gasteiger partial charge in [-0.15, -0.1) is 0 Å². The van der Waals surface area contributed by atoms with Crippen LogP contribution in [0.15, 0.2) is 0 Å². The van der Waals surface area contributed by atoms with Gasteiger partial charge in [-0.1, -0.05) is 20.8 Å². The highest BCUT2D eigenvalue weighted by Gasteiger charge is 2.22. The molecule has 3 heteroatoms. The molecule has 0 aliphatic carbocycles. The van der Waals surface area contributed by atoms with Gasteiger partial charge in [0.1, 0.15) is 0 Å². The van der Waals surface area contributed by atoms with Crippen LogP contribution in [0.3, 0.4) is 0 Å². The van der Waals surface area contributed by atoms with Gasteiger partial charge in [-0.05, 0) is 32.2 Å². The average Bonchev–Trinajstić information content (AvgIpc) is 2.30. The summed E-state index contributed by atoms with van der Waals surface area (Å²) in [7, 11) is 1.68. The van der Waals surface area contributed by atoms with E-state index in [0.717, 1.165) is 32.2 Å². The zero-order valence-corrected chi connectivity index (χ0v) is 10.7. The zero-order chi connectivity index (χ0) is 11.7. The summed E-state index contributed by atoms with van der Waals surface area (Å²) in [5.74, 6) is 0.131. The summed E-state index contributed by atoms with van der Waals surface area (Å²) in [6, 6.07) is 0. The van der Waals surface area contributed by atoms with Crippen molar-refractivity contribution in [2.24, 2.45) is 0 Å². The van der Waals surface area contributed by atoms with Crippen molar-refractivity contribution in [2.45, 2.75) is 58.4 Å². The van der Waals surface area contributed by atoms with E-state index in [4.69, 9.17) is 0 Å². The van der Waals surface area contributed by atoms with Crippen LogP contribution in [0.25, 0.3) is 0 Å². The molecule has 0 unspecified atom stereocenters. The van der Waals surface area contributed by atoms with Crippen LogP contribution in [0.5, 0.6) is 0 Å². The molecule has 90 valence electrons. The number of amides is 1. The Labute approximate surface area is 94.0 Å². The first-order chi connectivity index (χ1) is 7.14. The van der Waals surface area contributed by atoms with E-state index in [-0.39, 0.29) is 11.4 Å². The average molecular weight is 214 g/mol.